The fourth-order valence-electron chi connectivity index (χ4n) is 2.74. The molecule has 1 amide bonds. The quantitative estimate of drug-likeness (QED) is 0.908. The van der Waals surface area contributed by atoms with Crippen LogP contribution >= 0.6 is 12.4 Å². The Morgan fingerprint density at radius 3 is 2.45 bits per heavy atom. The van der Waals surface area contributed by atoms with E-state index < -0.39 is 5.54 Å². The highest BCUT2D eigenvalue weighted by atomic mass is 35.5. The maximum atomic E-state index is 12.3. The first-order chi connectivity index (χ1) is 10.2. The summed E-state index contributed by atoms with van der Waals surface area (Å²) < 4.78 is 5.23. The summed E-state index contributed by atoms with van der Waals surface area (Å²) in [5.41, 5.74) is 7.17. The number of nitrogens with zero attached hydrogens (tertiary/aromatic N) is 1. The normalized spacial score (nSPS) is 16.6. The van der Waals surface area contributed by atoms with Crippen molar-refractivity contribution in [1.29, 1.82) is 0 Å². The summed E-state index contributed by atoms with van der Waals surface area (Å²) in [7, 11) is 0. The Hall–Kier alpha value is -1.85. The van der Waals surface area contributed by atoms with E-state index >= 15 is 0 Å². The maximum absolute atomic E-state index is 12.3. The topological polar surface area (TPSA) is 81.2 Å². The Labute approximate surface area is 135 Å². The molecule has 1 fully saturated rings. The minimum absolute atomic E-state index is 0. The SMILES string of the molecule is Cl.NC1(C(=O)Nc2ccc(-c3cnco3)cc2)CCCCC1. The molecule has 0 spiro atoms. The van der Waals surface area contributed by atoms with Crippen molar-refractivity contribution in [2.75, 3.05) is 5.32 Å². The number of rotatable bonds is 3. The molecule has 1 heterocycles. The molecule has 22 heavy (non-hydrogen) atoms. The number of halogens is 1. The van der Waals surface area contributed by atoms with Gasteiger partial charge in [0.05, 0.1) is 11.7 Å². The van der Waals surface area contributed by atoms with Crippen molar-refractivity contribution in [2.45, 2.75) is 37.6 Å². The molecule has 0 aliphatic heterocycles. The Morgan fingerprint density at radius 2 is 1.86 bits per heavy atom. The molecule has 3 rings (SSSR count). The summed E-state index contributed by atoms with van der Waals surface area (Å²) in [5.74, 6) is 0.616. The van der Waals surface area contributed by atoms with E-state index in [1.165, 1.54) is 6.39 Å². The summed E-state index contributed by atoms with van der Waals surface area (Å²) >= 11 is 0. The minimum atomic E-state index is -0.720. The monoisotopic (exact) mass is 321 g/mol. The number of amides is 1. The molecule has 0 saturated heterocycles. The van der Waals surface area contributed by atoms with E-state index in [2.05, 4.69) is 10.3 Å². The zero-order chi connectivity index (χ0) is 14.7. The predicted molar refractivity (Wildman–Crippen MR) is 87.8 cm³/mol. The first-order valence-electron chi connectivity index (χ1n) is 7.27. The zero-order valence-corrected chi connectivity index (χ0v) is 13.1. The summed E-state index contributed by atoms with van der Waals surface area (Å²) in [4.78, 5) is 16.2. The second-order valence-electron chi connectivity index (χ2n) is 5.61. The van der Waals surface area contributed by atoms with Gasteiger partial charge >= 0.3 is 0 Å². The van der Waals surface area contributed by atoms with Crippen molar-refractivity contribution in [3.63, 3.8) is 0 Å². The number of anilines is 1. The molecule has 1 saturated carbocycles. The van der Waals surface area contributed by atoms with Crippen molar-refractivity contribution >= 4 is 24.0 Å². The third kappa shape index (κ3) is 3.48. The van der Waals surface area contributed by atoms with Crippen molar-refractivity contribution in [3.05, 3.63) is 36.9 Å². The van der Waals surface area contributed by atoms with Crippen LogP contribution in [-0.4, -0.2) is 16.4 Å². The average Bonchev–Trinajstić information content (AvgIpc) is 3.03. The van der Waals surface area contributed by atoms with Gasteiger partial charge in [-0.25, -0.2) is 4.98 Å². The van der Waals surface area contributed by atoms with E-state index in [0.717, 1.165) is 43.4 Å². The third-order valence-corrected chi connectivity index (χ3v) is 4.06. The van der Waals surface area contributed by atoms with Crippen LogP contribution in [-0.2, 0) is 4.79 Å². The third-order valence-electron chi connectivity index (χ3n) is 4.06. The van der Waals surface area contributed by atoms with Crippen LogP contribution in [0.3, 0.4) is 0 Å². The van der Waals surface area contributed by atoms with Gasteiger partial charge in [0.25, 0.3) is 0 Å². The lowest BCUT2D eigenvalue weighted by molar-refractivity contribution is -0.122. The number of benzene rings is 1. The summed E-state index contributed by atoms with van der Waals surface area (Å²) in [6.07, 6.45) is 7.78. The number of carbonyl (C=O) groups is 1. The Kier molecular flexibility index (Phi) is 5.21. The molecule has 118 valence electrons. The van der Waals surface area contributed by atoms with Crippen LogP contribution in [0.2, 0.25) is 0 Å². The van der Waals surface area contributed by atoms with Gasteiger partial charge in [-0.15, -0.1) is 12.4 Å². The lowest BCUT2D eigenvalue weighted by Crippen LogP contribution is -2.52. The second kappa shape index (κ2) is 6.94. The highest BCUT2D eigenvalue weighted by Gasteiger charge is 2.35. The van der Waals surface area contributed by atoms with Crippen LogP contribution in [0.15, 0.2) is 41.3 Å². The molecule has 0 bridgehead atoms. The minimum Gasteiger partial charge on any atom is -0.444 e. The van der Waals surface area contributed by atoms with Crippen molar-refractivity contribution in [3.8, 4) is 11.3 Å². The van der Waals surface area contributed by atoms with E-state index in [1.54, 1.807) is 6.20 Å². The van der Waals surface area contributed by atoms with Gasteiger partial charge in [-0.1, -0.05) is 19.3 Å². The lowest BCUT2D eigenvalue weighted by Gasteiger charge is -2.31. The van der Waals surface area contributed by atoms with Crippen LogP contribution < -0.4 is 11.1 Å². The Balaban J connectivity index is 0.00000176. The molecular formula is C16H20ClN3O2. The molecule has 1 aliphatic carbocycles. The number of carbonyl (C=O) groups excluding carboxylic acids is 1. The number of nitrogens with two attached hydrogens (primary N) is 1. The van der Waals surface area contributed by atoms with E-state index in [4.69, 9.17) is 10.2 Å². The van der Waals surface area contributed by atoms with E-state index in [0.29, 0.717) is 5.76 Å². The highest BCUT2D eigenvalue weighted by molar-refractivity contribution is 5.98. The van der Waals surface area contributed by atoms with Crippen LogP contribution in [0, 0.1) is 0 Å². The first kappa shape index (κ1) is 16.5. The fourth-order valence-corrected chi connectivity index (χ4v) is 2.74. The summed E-state index contributed by atoms with van der Waals surface area (Å²) in [5, 5.41) is 2.91. The van der Waals surface area contributed by atoms with Crippen molar-refractivity contribution < 1.29 is 9.21 Å². The standard InChI is InChI=1S/C16H19N3O2.ClH/c17-16(8-2-1-3-9-16)15(20)19-13-6-4-12(5-7-13)14-10-18-11-21-14;/h4-7,10-11H,1-3,8-9,17H2,(H,19,20);1H. The summed E-state index contributed by atoms with van der Waals surface area (Å²) in [6.45, 7) is 0. The molecule has 0 atom stereocenters. The maximum Gasteiger partial charge on any atom is 0.244 e. The number of hydrogen-bond acceptors (Lipinski definition) is 4. The smallest absolute Gasteiger partial charge is 0.244 e. The van der Waals surface area contributed by atoms with Gasteiger partial charge in [-0.3, -0.25) is 4.79 Å². The van der Waals surface area contributed by atoms with Gasteiger partial charge in [0.15, 0.2) is 12.2 Å². The number of hydrogen-bond donors (Lipinski definition) is 2. The predicted octanol–water partition coefficient (Wildman–Crippen LogP) is 3.36. The van der Waals surface area contributed by atoms with Gasteiger partial charge in [-0.2, -0.15) is 0 Å². The van der Waals surface area contributed by atoms with E-state index in [-0.39, 0.29) is 18.3 Å². The molecule has 1 aromatic carbocycles. The van der Waals surface area contributed by atoms with Crippen molar-refractivity contribution in [2.24, 2.45) is 5.73 Å². The molecule has 1 aliphatic rings. The first-order valence-corrected chi connectivity index (χ1v) is 7.27. The van der Waals surface area contributed by atoms with Crippen LogP contribution in [0.5, 0.6) is 0 Å². The van der Waals surface area contributed by atoms with E-state index in [9.17, 15) is 4.79 Å². The van der Waals surface area contributed by atoms with E-state index in [1.807, 2.05) is 24.3 Å². The largest absolute Gasteiger partial charge is 0.444 e. The number of oxazole rings is 1. The molecule has 5 nitrogen and oxygen atoms in total. The van der Waals surface area contributed by atoms with Gasteiger partial charge in [0.2, 0.25) is 5.91 Å². The second-order valence-corrected chi connectivity index (χ2v) is 5.61. The van der Waals surface area contributed by atoms with Crippen LogP contribution in [0.1, 0.15) is 32.1 Å². The van der Waals surface area contributed by atoms with Gasteiger partial charge < -0.3 is 15.5 Å². The zero-order valence-electron chi connectivity index (χ0n) is 12.2. The van der Waals surface area contributed by atoms with Crippen molar-refractivity contribution in [1.82, 2.24) is 4.98 Å². The Bertz CT molecular complexity index is 605. The fraction of sp³-hybridized carbons (Fsp3) is 0.375. The van der Waals surface area contributed by atoms with Gasteiger partial charge in [-0.05, 0) is 37.1 Å². The molecule has 3 N–H and O–H groups in total. The van der Waals surface area contributed by atoms with Crippen LogP contribution in [0.4, 0.5) is 5.69 Å². The highest BCUT2D eigenvalue weighted by Crippen LogP contribution is 2.27. The average molecular weight is 322 g/mol. The molecule has 0 unspecified atom stereocenters. The molecule has 0 radical (unpaired) electrons. The molecule has 1 aromatic heterocycles. The van der Waals surface area contributed by atoms with Crippen LogP contribution in [0.25, 0.3) is 11.3 Å². The molecular weight excluding hydrogens is 302 g/mol. The molecule has 2 aromatic rings. The number of nitrogens with one attached hydrogen (secondary N) is 1. The van der Waals surface area contributed by atoms with Gasteiger partial charge in [0.1, 0.15) is 0 Å². The molecule has 6 heteroatoms. The summed E-state index contributed by atoms with van der Waals surface area (Å²) in [6, 6.07) is 7.48. The lowest BCUT2D eigenvalue weighted by atomic mass is 9.82. The number of aromatic nitrogens is 1. The Morgan fingerprint density at radius 1 is 1.18 bits per heavy atom. The van der Waals surface area contributed by atoms with Gasteiger partial charge in [0, 0.05) is 11.3 Å².